The van der Waals surface area contributed by atoms with Crippen molar-refractivity contribution in [2.75, 3.05) is 19.7 Å². The lowest BCUT2D eigenvalue weighted by Gasteiger charge is -2.15. The summed E-state index contributed by atoms with van der Waals surface area (Å²) in [7, 11) is 1.86. The van der Waals surface area contributed by atoms with Crippen LogP contribution in [-0.4, -0.2) is 50.5 Å². The van der Waals surface area contributed by atoms with Crippen molar-refractivity contribution in [3.05, 3.63) is 47.8 Å². The second-order valence-corrected chi connectivity index (χ2v) is 6.72. The molecule has 1 unspecified atom stereocenters. The smallest absolute Gasteiger partial charge is 0.275 e. The normalized spacial score (nSPS) is 17.0. The van der Waals surface area contributed by atoms with Gasteiger partial charge in [-0.15, -0.1) is 5.10 Å². The molecular formula is C19H21N5O2. The number of benzene rings is 1. The summed E-state index contributed by atoms with van der Waals surface area (Å²) >= 11 is 0. The number of nitrogens with zero attached hydrogens (tertiary/aromatic N) is 5. The summed E-state index contributed by atoms with van der Waals surface area (Å²) in [4.78, 5) is 14.8. The summed E-state index contributed by atoms with van der Waals surface area (Å²) in [6, 6.07) is 11.5. The van der Waals surface area contributed by atoms with Gasteiger partial charge in [-0.2, -0.15) is 10.2 Å². The average Bonchev–Trinajstić information content (AvgIpc) is 3.26. The van der Waals surface area contributed by atoms with E-state index in [4.69, 9.17) is 4.74 Å². The molecule has 1 atom stereocenters. The number of ether oxygens (including phenoxy) is 1. The Morgan fingerprint density at radius 2 is 2.08 bits per heavy atom. The molecule has 0 N–H and O–H groups in total. The van der Waals surface area contributed by atoms with E-state index in [2.05, 4.69) is 15.3 Å². The van der Waals surface area contributed by atoms with Crippen molar-refractivity contribution >= 4 is 16.8 Å². The first-order chi connectivity index (χ1) is 12.6. The van der Waals surface area contributed by atoms with E-state index in [1.807, 2.05) is 55.3 Å². The molecule has 1 amide bonds. The number of hydrogen-bond donors (Lipinski definition) is 0. The van der Waals surface area contributed by atoms with Crippen LogP contribution in [0.25, 0.3) is 10.9 Å². The number of hydrogen-bond acceptors (Lipinski definition) is 5. The summed E-state index contributed by atoms with van der Waals surface area (Å²) in [5.74, 6) is 0.799. The first kappa shape index (κ1) is 16.5. The van der Waals surface area contributed by atoms with Gasteiger partial charge in [-0.05, 0) is 25.5 Å². The topological polar surface area (TPSA) is 73.1 Å². The molecule has 7 heteroatoms. The molecule has 0 spiro atoms. The number of likely N-dealkylation sites (tertiary alicyclic amines) is 1. The lowest BCUT2D eigenvalue weighted by molar-refractivity contribution is 0.0778. The number of aryl methyl sites for hydroxylation is 2. The van der Waals surface area contributed by atoms with E-state index in [0.29, 0.717) is 24.7 Å². The van der Waals surface area contributed by atoms with E-state index in [0.717, 1.165) is 29.6 Å². The van der Waals surface area contributed by atoms with Gasteiger partial charge in [-0.1, -0.05) is 18.2 Å². The van der Waals surface area contributed by atoms with Crippen LogP contribution in [-0.2, 0) is 7.05 Å². The van der Waals surface area contributed by atoms with Crippen LogP contribution in [0.1, 0.15) is 22.6 Å². The minimum Gasteiger partial charge on any atom is -0.476 e. The molecule has 0 bridgehead atoms. The Bertz CT molecular complexity index is 935. The van der Waals surface area contributed by atoms with E-state index in [9.17, 15) is 4.79 Å². The molecule has 0 aliphatic carbocycles. The molecule has 1 aliphatic heterocycles. The van der Waals surface area contributed by atoms with Gasteiger partial charge in [-0.25, -0.2) is 0 Å². The third-order valence-corrected chi connectivity index (χ3v) is 4.77. The van der Waals surface area contributed by atoms with Crippen LogP contribution < -0.4 is 4.74 Å². The molecule has 7 nitrogen and oxygen atoms in total. The fourth-order valence-electron chi connectivity index (χ4n) is 3.34. The Morgan fingerprint density at radius 1 is 1.23 bits per heavy atom. The molecule has 0 saturated carbocycles. The van der Waals surface area contributed by atoms with Gasteiger partial charge in [0.15, 0.2) is 5.69 Å². The van der Waals surface area contributed by atoms with Crippen molar-refractivity contribution in [2.45, 2.75) is 13.3 Å². The number of rotatable bonds is 4. The number of amides is 1. The van der Waals surface area contributed by atoms with Crippen molar-refractivity contribution in [3.63, 3.8) is 0 Å². The van der Waals surface area contributed by atoms with E-state index in [-0.39, 0.29) is 11.8 Å². The Labute approximate surface area is 151 Å². The first-order valence-electron chi connectivity index (χ1n) is 8.76. The molecule has 1 aliphatic rings. The monoisotopic (exact) mass is 351 g/mol. The molecule has 3 aromatic rings. The highest BCUT2D eigenvalue weighted by atomic mass is 16.5. The SMILES string of the molecule is Cc1ccc(OCC2CCN(C(=O)c3nn(C)c4ccccc34)C2)nn1. The van der Waals surface area contributed by atoms with Gasteiger partial charge >= 0.3 is 0 Å². The van der Waals surface area contributed by atoms with E-state index < -0.39 is 0 Å². The molecule has 1 fully saturated rings. The van der Waals surface area contributed by atoms with Crippen molar-refractivity contribution < 1.29 is 9.53 Å². The minimum absolute atomic E-state index is 0.0144. The number of carbonyl (C=O) groups excluding carboxylic acids is 1. The largest absolute Gasteiger partial charge is 0.476 e. The standard InChI is InChI=1S/C19H21N5O2/c1-13-7-8-17(21-20-13)26-12-14-9-10-24(11-14)19(25)18-15-5-3-4-6-16(15)23(2)22-18/h3-8,14H,9-12H2,1-2H3. The van der Waals surface area contributed by atoms with Crippen LogP contribution in [0.5, 0.6) is 5.88 Å². The summed E-state index contributed by atoms with van der Waals surface area (Å²) < 4.78 is 7.48. The molecule has 134 valence electrons. The number of fused-ring (bicyclic) bond motifs is 1. The number of carbonyl (C=O) groups is 1. The van der Waals surface area contributed by atoms with Crippen molar-refractivity contribution in [1.29, 1.82) is 0 Å². The second-order valence-electron chi connectivity index (χ2n) is 6.72. The second kappa shape index (κ2) is 6.74. The van der Waals surface area contributed by atoms with Crippen LogP contribution in [0, 0.1) is 12.8 Å². The van der Waals surface area contributed by atoms with Gasteiger partial charge in [0.05, 0.1) is 17.8 Å². The molecule has 0 radical (unpaired) electrons. The van der Waals surface area contributed by atoms with Crippen molar-refractivity contribution in [1.82, 2.24) is 24.9 Å². The maximum atomic E-state index is 12.9. The van der Waals surface area contributed by atoms with E-state index in [1.54, 1.807) is 4.68 Å². The Kier molecular flexibility index (Phi) is 4.28. The predicted octanol–water partition coefficient (Wildman–Crippen LogP) is 2.21. The van der Waals surface area contributed by atoms with Crippen LogP contribution in [0.3, 0.4) is 0 Å². The molecule has 1 aromatic carbocycles. The third kappa shape index (κ3) is 3.12. The number of para-hydroxylation sites is 1. The molecule has 1 saturated heterocycles. The van der Waals surface area contributed by atoms with Crippen molar-refractivity contribution in [3.8, 4) is 5.88 Å². The van der Waals surface area contributed by atoms with Crippen LogP contribution in [0.15, 0.2) is 36.4 Å². The van der Waals surface area contributed by atoms with Gasteiger partial charge in [-0.3, -0.25) is 9.48 Å². The zero-order chi connectivity index (χ0) is 18.1. The molecule has 3 heterocycles. The van der Waals surface area contributed by atoms with Gasteiger partial charge in [0.1, 0.15) is 0 Å². The number of aromatic nitrogens is 4. The fraction of sp³-hybridized carbons (Fsp3) is 0.368. The van der Waals surface area contributed by atoms with Gasteiger partial charge in [0.2, 0.25) is 5.88 Å². The zero-order valence-corrected chi connectivity index (χ0v) is 14.9. The Hall–Kier alpha value is -2.96. The summed E-state index contributed by atoms with van der Waals surface area (Å²) in [6.07, 6.45) is 0.912. The van der Waals surface area contributed by atoms with Crippen LogP contribution >= 0.6 is 0 Å². The van der Waals surface area contributed by atoms with Crippen LogP contribution in [0.2, 0.25) is 0 Å². The Morgan fingerprint density at radius 3 is 2.88 bits per heavy atom. The van der Waals surface area contributed by atoms with E-state index in [1.165, 1.54) is 0 Å². The van der Waals surface area contributed by atoms with Crippen LogP contribution in [0.4, 0.5) is 0 Å². The predicted molar refractivity (Wildman–Crippen MR) is 97.0 cm³/mol. The van der Waals surface area contributed by atoms with Gasteiger partial charge in [0.25, 0.3) is 5.91 Å². The van der Waals surface area contributed by atoms with Crippen molar-refractivity contribution in [2.24, 2.45) is 13.0 Å². The highest BCUT2D eigenvalue weighted by Crippen LogP contribution is 2.23. The highest BCUT2D eigenvalue weighted by molar-refractivity contribution is 6.04. The summed E-state index contributed by atoms with van der Waals surface area (Å²) in [6.45, 7) is 3.81. The average molecular weight is 351 g/mol. The molecular weight excluding hydrogens is 330 g/mol. The Balaban J connectivity index is 1.41. The van der Waals surface area contributed by atoms with E-state index >= 15 is 0 Å². The fourth-order valence-corrected chi connectivity index (χ4v) is 3.34. The minimum atomic E-state index is -0.0144. The maximum absolute atomic E-state index is 12.9. The third-order valence-electron chi connectivity index (χ3n) is 4.77. The molecule has 4 rings (SSSR count). The zero-order valence-electron chi connectivity index (χ0n) is 14.9. The quantitative estimate of drug-likeness (QED) is 0.721. The van der Waals surface area contributed by atoms with Gasteiger partial charge < -0.3 is 9.64 Å². The first-order valence-corrected chi connectivity index (χ1v) is 8.76. The summed E-state index contributed by atoms with van der Waals surface area (Å²) in [5.41, 5.74) is 2.35. The lowest BCUT2D eigenvalue weighted by atomic mass is 10.1. The highest BCUT2D eigenvalue weighted by Gasteiger charge is 2.30. The van der Waals surface area contributed by atoms with Gasteiger partial charge in [0, 0.05) is 37.5 Å². The maximum Gasteiger partial charge on any atom is 0.275 e. The summed E-state index contributed by atoms with van der Waals surface area (Å²) in [5, 5.41) is 13.3. The molecule has 2 aromatic heterocycles. The molecule has 26 heavy (non-hydrogen) atoms. The lowest BCUT2D eigenvalue weighted by Crippen LogP contribution is -2.30.